The van der Waals surface area contributed by atoms with Crippen LogP contribution in [-0.4, -0.2) is 36.6 Å². The third kappa shape index (κ3) is 3.36. The van der Waals surface area contributed by atoms with Crippen molar-refractivity contribution in [3.63, 3.8) is 0 Å². The Hall–Kier alpha value is -1.88. The molecule has 0 aromatic heterocycles. The summed E-state index contributed by atoms with van der Waals surface area (Å²) in [7, 11) is 2.08. The van der Waals surface area contributed by atoms with Gasteiger partial charge in [-0.15, -0.1) is 0 Å². The minimum atomic E-state index is -0.383. The number of likely N-dealkylation sites (N-methyl/N-ethyl adjacent to an activating group) is 1. The van der Waals surface area contributed by atoms with Gasteiger partial charge in [0.2, 0.25) is 0 Å². The molecule has 1 aromatic carbocycles. The highest BCUT2D eigenvalue weighted by Gasteiger charge is 2.17. The molecule has 0 fully saturated rings. The van der Waals surface area contributed by atoms with Crippen LogP contribution in [0.1, 0.15) is 25.3 Å². The number of nitrogens with zero attached hydrogens (tertiary/aromatic N) is 2. The molecule has 5 nitrogen and oxygen atoms in total. The third-order valence-electron chi connectivity index (χ3n) is 3.40. The van der Waals surface area contributed by atoms with Gasteiger partial charge in [-0.25, -0.2) is 0 Å². The number of ether oxygens (including phenoxy) is 1. The first-order chi connectivity index (χ1) is 9.61. The Kier molecular flexibility index (Phi) is 4.74. The number of hydrogen-bond donors (Lipinski definition) is 0. The van der Waals surface area contributed by atoms with Crippen LogP contribution in [-0.2, 0) is 0 Å². The molecule has 1 aliphatic heterocycles. The standard InChI is InChI=1S/C15H20N2O3/c1-3-10-20-15-11-13(17(18)19)4-5-14(15)12-6-8-16(2)9-7-12/h4-6,11H,3,7-10H2,1-2H3. The molecule has 0 N–H and O–H groups in total. The smallest absolute Gasteiger partial charge is 0.273 e. The van der Waals surface area contributed by atoms with Gasteiger partial charge in [0.1, 0.15) is 5.75 Å². The molecule has 0 bridgehead atoms. The zero-order valence-electron chi connectivity index (χ0n) is 12.0. The summed E-state index contributed by atoms with van der Waals surface area (Å²) >= 11 is 0. The van der Waals surface area contributed by atoms with Gasteiger partial charge in [0.15, 0.2) is 0 Å². The third-order valence-corrected chi connectivity index (χ3v) is 3.40. The van der Waals surface area contributed by atoms with Gasteiger partial charge in [-0.1, -0.05) is 13.0 Å². The van der Waals surface area contributed by atoms with Crippen LogP contribution in [0.25, 0.3) is 5.57 Å². The van der Waals surface area contributed by atoms with Gasteiger partial charge in [0.25, 0.3) is 5.69 Å². The first-order valence-corrected chi connectivity index (χ1v) is 6.91. The van der Waals surface area contributed by atoms with E-state index in [0.29, 0.717) is 12.4 Å². The fourth-order valence-electron chi connectivity index (χ4n) is 2.24. The predicted octanol–water partition coefficient (Wildman–Crippen LogP) is 3.10. The molecule has 5 heteroatoms. The van der Waals surface area contributed by atoms with Gasteiger partial charge in [-0.3, -0.25) is 10.1 Å². The van der Waals surface area contributed by atoms with E-state index in [9.17, 15) is 10.1 Å². The maximum absolute atomic E-state index is 10.9. The van der Waals surface area contributed by atoms with Crippen LogP contribution < -0.4 is 4.74 Å². The topological polar surface area (TPSA) is 55.6 Å². The fourth-order valence-corrected chi connectivity index (χ4v) is 2.24. The first kappa shape index (κ1) is 14.5. The zero-order chi connectivity index (χ0) is 14.5. The number of nitro benzene ring substituents is 1. The molecule has 1 aliphatic rings. The Labute approximate surface area is 119 Å². The van der Waals surface area contributed by atoms with Gasteiger partial charge < -0.3 is 9.64 Å². The maximum Gasteiger partial charge on any atom is 0.273 e. The largest absolute Gasteiger partial charge is 0.493 e. The van der Waals surface area contributed by atoms with E-state index in [-0.39, 0.29) is 10.6 Å². The Balaban J connectivity index is 2.33. The Morgan fingerprint density at radius 2 is 2.25 bits per heavy atom. The molecule has 0 aliphatic carbocycles. The van der Waals surface area contributed by atoms with Crippen molar-refractivity contribution < 1.29 is 9.66 Å². The van der Waals surface area contributed by atoms with Crippen molar-refractivity contribution in [2.45, 2.75) is 19.8 Å². The van der Waals surface area contributed by atoms with Crippen molar-refractivity contribution in [3.05, 3.63) is 40.0 Å². The SMILES string of the molecule is CCCOc1cc([N+](=O)[O-])ccc1C1=CCN(C)CC1. The number of hydrogen-bond acceptors (Lipinski definition) is 4. The monoisotopic (exact) mass is 276 g/mol. The summed E-state index contributed by atoms with van der Waals surface area (Å²) in [5.41, 5.74) is 2.27. The van der Waals surface area contributed by atoms with Crippen LogP contribution in [0.15, 0.2) is 24.3 Å². The molecule has 0 radical (unpaired) electrons. The summed E-state index contributed by atoms with van der Waals surface area (Å²) in [4.78, 5) is 12.7. The molecule has 0 spiro atoms. The van der Waals surface area contributed by atoms with Gasteiger partial charge >= 0.3 is 0 Å². The van der Waals surface area contributed by atoms with Crippen LogP contribution in [0.3, 0.4) is 0 Å². The summed E-state index contributed by atoms with van der Waals surface area (Å²) in [5, 5.41) is 10.9. The molecule has 0 atom stereocenters. The second-order valence-corrected chi connectivity index (χ2v) is 5.03. The minimum absolute atomic E-state index is 0.0772. The molecule has 0 unspecified atom stereocenters. The van der Waals surface area contributed by atoms with Crippen LogP contribution in [0, 0.1) is 10.1 Å². The van der Waals surface area contributed by atoms with Gasteiger partial charge in [0.05, 0.1) is 17.6 Å². The summed E-state index contributed by atoms with van der Waals surface area (Å²) in [6.07, 6.45) is 3.99. The van der Waals surface area contributed by atoms with E-state index in [4.69, 9.17) is 4.74 Å². The normalized spacial score (nSPS) is 15.8. The van der Waals surface area contributed by atoms with Crippen LogP contribution in [0.4, 0.5) is 5.69 Å². The summed E-state index contributed by atoms with van der Waals surface area (Å²) in [5.74, 6) is 0.622. The summed E-state index contributed by atoms with van der Waals surface area (Å²) in [6, 6.07) is 4.89. The van der Waals surface area contributed by atoms with Crippen LogP contribution in [0.5, 0.6) is 5.75 Å². The van der Waals surface area contributed by atoms with Crippen molar-refractivity contribution in [2.24, 2.45) is 0 Å². The van der Waals surface area contributed by atoms with E-state index in [1.165, 1.54) is 11.6 Å². The molecule has 2 rings (SSSR count). The molecule has 1 aromatic rings. The highest BCUT2D eigenvalue weighted by Crippen LogP contribution is 2.33. The van der Waals surface area contributed by atoms with Crippen molar-refractivity contribution in [1.29, 1.82) is 0 Å². The zero-order valence-corrected chi connectivity index (χ0v) is 12.0. The molecule has 1 heterocycles. The van der Waals surface area contributed by atoms with E-state index < -0.39 is 0 Å². The van der Waals surface area contributed by atoms with Gasteiger partial charge in [0, 0.05) is 24.7 Å². The van der Waals surface area contributed by atoms with E-state index in [1.807, 2.05) is 6.92 Å². The number of non-ortho nitro benzene ring substituents is 1. The lowest BCUT2D eigenvalue weighted by atomic mass is 9.98. The average Bonchev–Trinajstić information content (AvgIpc) is 2.45. The van der Waals surface area contributed by atoms with Crippen molar-refractivity contribution in [2.75, 3.05) is 26.7 Å². The first-order valence-electron chi connectivity index (χ1n) is 6.91. The molecule has 20 heavy (non-hydrogen) atoms. The predicted molar refractivity (Wildman–Crippen MR) is 79.0 cm³/mol. The number of nitro groups is 1. The average molecular weight is 276 g/mol. The second-order valence-electron chi connectivity index (χ2n) is 5.03. The van der Waals surface area contributed by atoms with Crippen molar-refractivity contribution >= 4 is 11.3 Å². The minimum Gasteiger partial charge on any atom is -0.493 e. The van der Waals surface area contributed by atoms with E-state index in [1.54, 1.807) is 12.1 Å². The van der Waals surface area contributed by atoms with Crippen LogP contribution >= 0.6 is 0 Å². The highest BCUT2D eigenvalue weighted by atomic mass is 16.6. The maximum atomic E-state index is 10.9. The molecule has 0 saturated heterocycles. The van der Waals surface area contributed by atoms with E-state index >= 15 is 0 Å². The molecule has 0 amide bonds. The van der Waals surface area contributed by atoms with Gasteiger partial charge in [-0.05, 0) is 31.5 Å². The molecular formula is C15H20N2O3. The Bertz CT molecular complexity index is 526. The Morgan fingerprint density at radius 3 is 2.85 bits per heavy atom. The lowest BCUT2D eigenvalue weighted by Gasteiger charge is -2.23. The van der Waals surface area contributed by atoms with E-state index in [0.717, 1.165) is 31.5 Å². The Morgan fingerprint density at radius 1 is 1.45 bits per heavy atom. The fraction of sp³-hybridized carbons (Fsp3) is 0.467. The molecule has 108 valence electrons. The number of benzene rings is 1. The lowest BCUT2D eigenvalue weighted by Crippen LogP contribution is -2.23. The lowest BCUT2D eigenvalue weighted by molar-refractivity contribution is -0.384. The van der Waals surface area contributed by atoms with Crippen molar-refractivity contribution in [1.82, 2.24) is 4.90 Å². The van der Waals surface area contributed by atoms with Crippen LogP contribution in [0.2, 0.25) is 0 Å². The van der Waals surface area contributed by atoms with Gasteiger partial charge in [-0.2, -0.15) is 0 Å². The summed E-state index contributed by atoms with van der Waals surface area (Å²) < 4.78 is 5.70. The van der Waals surface area contributed by atoms with Crippen molar-refractivity contribution in [3.8, 4) is 5.75 Å². The highest BCUT2D eigenvalue weighted by molar-refractivity contribution is 5.72. The molecule has 0 saturated carbocycles. The van der Waals surface area contributed by atoms with E-state index in [2.05, 4.69) is 18.0 Å². The molecular weight excluding hydrogens is 256 g/mol. The second kappa shape index (κ2) is 6.52. The summed E-state index contributed by atoms with van der Waals surface area (Å²) in [6.45, 7) is 4.49. The number of rotatable bonds is 5. The quantitative estimate of drug-likeness (QED) is 0.612.